The van der Waals surface area contributed by atoms with Crippen LogP contribution in [0.25, 0.3) is 0 Å². The maximum atomic E-state index is 13.2. The highest BCUT2D eigenvalue weighted by Crippen LogP contribution is 2.22. The largest absolute Gasteiger partial charge is 0.494 e. The number of ether oxygens (including phenoxy) is 1. The van der Waals surface area contributed by atoms with Gasteiger partial charge in [-0.05, 0) is 18.6 Å². The molecule has 1 rings (SSSR count). The van der Waals surface area contributed by atoms with E-state index in [0.717, 1.165) is 0 Å². The van der Waals surface area contributed by atoms with Gasteiger partial charge in [-0.1, -0.05) is 6.92 Å². The average molecular weight is 172 g/mol. The van der Waals surface area contributed by atoms with E-state index in [1.54, 1.807) is 6.92 Å². The highest BCUT2D eigenvalue weighted by molar-refractivity contribution is 5.32. The van der Waals surface area contributed by atoms with Gasteiger partial charge in [0.25, 0.3) is 0 Å². The molecule has 0 radical (unpaired) electrons. The zero-order valence-electron chi connectivity index (χ0n) is 7.03. The smallest absolute Gasteiger partial charge is 0.171 e. The van der Waals surface area contributed by atoms with Crippen LogP contribution < -0.4 is 4.74 Å². The van der Waals surface area contributed by atoms with Gasteiger partial charge in [0.2, 0.25) is 0 Å². The Balaban J connectivity index is 3.24. The fraction of sp³-hybridized carbons (Fsp3) is 0.333. The third-order valence-electron chi connectivity index (χ3n) is 1.72. The van der Waals surface area contributed by atoms with Crippen LogP contribution in [0.15, 0.2) is 12.1 Å². The third kappa shape index (κ3) is 1.40. The molecular formula is C9H10F2O. The molecule has 0 unspecified atom stereocenters. The third-order valence-corrected chi connectivity index (χ3v) is 1.72. The molecule has 1 nitrogen and oxygen atoms in total. The van der Waals surface area contributed by atoms with E-state index < -0.39 is 11.6 Å². The summed E-state index contributed by atoms with van der Waals surface area (Å²) >= 11 is 0. The maximum Gasteiger partial charge on any atom is 0.171 e. The van der Waals surface area contributed by atoms with Gasteiger partial charge in [-0.3, -0.25) is 0 Å². The van der Waals surface area contributed by atoms with E-state index in [0.29, 0.717) is 6.42 Å². The summed E-state index contributed by atoms with van der Waals surface area (Å²) in [7, 11) is 1.36. The van der Waals surface area contributed by atoms with Gasteiger partial charge in [-0.15, -0.1) is 0 Å². The lowest BCUT2D eigenvalue weighted by atomic mass is 10.1. The van der Waals surface area contributed by atoms with E-state index in [1.165, 1.54) is 19.2 Å². The van der Waals surface area contributed by atoms with E-state index in [4.69, 9.17) is 4.74 Å². The van der Waals surface area contributed by atoms with Crippen LogP contribution in [0, 0.1) is 11.6 Å². The molecule has 0 heterocycles. The Kier molecular flexibility index (Phi) is 2.63. The Hall–Kier alpha value is -1.12. The molecule has 0 saturated carbocycles. The number of halogens is 2. The van der Waals surface area contributed by atoms with Crippen LogP contribution in [0.2, 0.25) is 0 Å². The lowest BCUT2D eigenvalue weighted by Gasteiger charge is -2.05. The standard InChI is InChI=1S/C9H10F2O/c1-3-6-7(10)4-5-8(12-2)9(6)11/h4-5H,3H2,1-2H3. The van der Waals surface area contributed by atoms with Crippen molar-refractivity contribution in [2.24, 2.45) is 0 Å². The highest BCUT2D eigenvalue weighted by Gasteiger charge is 2.11. The molecule has 0 amide bonds. The molecule has 0 aromatic heterocycles. The number of hydrogen-bond acceptors (Lipinski definition) is 1. The minimum Gasteiger partial charge on any atom is -0.494 e. The summed E-state index contributed by atoms with van der Waals surface area (Å²) in [5, 5.41) is 0. The van der Waals surface area contributed by atoms with E-state index in [1.807, 2.05) is 0 Å². The van der Waals surface area contributed by atoms with E-state index in [9.17, 15) is 8.78 Å². The summed E-state index contributed by atoms with van der Waals surface area (Å²) in [5.74, 6) is -1.02. The molecule has 0 bridgehead atoms. The van der Waals surface area contributed by atoms with Gasteiger partial charge >= 0.3 is 0 Å². The summed E-state index contributed by atoms with van der Waals surface area (Å²) in [6.07, 6.45) is 0.328. The molecule has 3 heteroatoms. The van der Waals surface area contributed by atoms with Gasteiger partial charge in [0.1, 0.15) is 5.82 Å². The first kappa shape index (κ1) is 8.97. The molecule has 66 valence electrons. The Morgan fingerprint density at radius 1 is 1.33 bits per heavy atom. The van der Waals surface area contributed by atoms with E-state index >= 15 is 0 Å². The second-order valence-corrected chi connectivity index (χ2v) is 2.40. The van der Waals surface area contributed by atoms with Crippen LogP contribution in [0.4, 0.5) is 8.78 Å². The summed E-state index contributed by atoms with van der Waals surface area (Å²) in [6, 6.07) is 2.49. The summed E-state index contributed by atoms with van der Waals surface area (Å²) in [6.45, 7) is 1.70. The number of hydrogen-bond donors (Lipinski definition) is 0. The Morgan fingerprint density at radius 2 is 2.00 bits per heavy atom. The molecule has 12 heavy (non-hydrogen) atoms. The normalized spacial score (nSPS) is 10.0. The molecule has 0 saturated heterocycles. The van der Waals surface area contributed by atoms with E-state index in [2.05, 4.69) is 0 Å². The second-order valence-electron chi connectivity index (χ2n) is 2.40. The number of methoxy groups -OCH3 is 1. The predicted octanol–water partition coefficient (Wildman–Crippen LogP) is 2.54. The van der Waals surface area contributed by atoms with Crippen molar-refractivity contribution >= 4 is 0 Å². The van der Waals surface area contributed by atoms with Crippen LogP contribution >= 0.6 is 0 Å². The van der Waals surface area contributed by atoms with E-state index in [-0.39, 0.29) is 11.3 Å². The predicted molar refractivity (Wildman–Crippen MR) is 42.3 cm³/mol. The zero-order chi connectivity index (χ0) is 9.14. The minimum absolute atomic E-state index is 0.0781. The first-order valence-corrected chi connectivity index (χ1v) is 3.71. The van der Waals surface area contributed by atoms with Gasteiger partial charge in [-0.25, -0.2) is 8.78 Å². The fourth-order valence-electron chi connectivity index (χ4n) is 1.06. The van der Waals surface area contributed by atoms with Crippen molar-refractivity contribution in [2.75, 3.05) is 7.11 Å². The Labute approximate surface area is 70.0 Å². The van der Waals surface area contributed by atoms with Crippen molar-refractivity contribution in [1.82, 2.24) is 0 Å². The SMILES string of the molecule is CCc1c(F)ccc(OC)c1F. The minimum atomic E-state index is -0.597. The van der Waals surface area contributed by atoms with Gasteiger partial charge in [0.15, 0.2) is 11.6 Å². The molecular weight excluding hydrogens is 162 g/mol. The van der Waals surface area contributed by atoms with Crippen molar-refractivity contribution in [3.63, 3.8) is 0 Å². The number of rotatable bonds is 2. The highest BCUT2D eigenvalue weighted by atomic mass is 19.1. The molecule has 0 aliphatic carbocycles. The van der Waals surface area contributed by atoms with Gasteiger partial charge < -0.3 is 4.74 Å². The summed E-state index contributed by atoms with van der Waals surface area (Å²) in [5.41, 5.74) is 0.0781. The Bertz CT molecular complexity index is 284. The molecule has 1 aromatic carbocycles. The van der Waals surface area contributed by atoms with Crippen LogP contribution in [0.5, 0.6) is 5.75 Å². The molecule has 0 fully saturated rings. The van der Waals surface area contributed by atoms with Crippen molar-refractivity contribution in [1.29, 1.82) is 0 Å². The van der Waals surface area contributed by atoms with Crippen molar-refractivity contribution in [3.05, 3.63) is 29.3 Å². The summed E-state index contributed by atoms with van der Waals surface area (Å²) in [4.78, 5) is 0. The Morgan fingerprint density at radius 3 is 2.50 bits per heavy atom. The lowest BCUT2D eigenvalue weighted by molar-refractivity contribution is 0.381. The lowest BCUT2D eigenvalue weighted by Crippen LogP contribution is -1.97. The zero-order valence-corrected chi connectivity index (χ0v) is 7.03. The van der Waals surface area contributed by atoms with Crippen molar-refractivity contribution in [2.45, 2.75) is 13.3 Å². The maximum absolute atomic E-state index is 13.2. The molecule has 0 N–H and O–H groups in total. The molecule has 1 aromatic rings. The molecule has 0 spiro atoms. The van der Waals surface area contributed by atoms with Crippen LogP contribution in [-0.2, 0) is 6.42 Å². The monoisotopic (exact) mass is 172 g/mol. The molecule has 0 atom stereocenters. The van der Waals surface area contributed by atoms with Crippen LogP contribution in [0.3, 0.4) is 0 Å². The first-order valence-electron chi connectivity index (χ1n) is 3.71. The van der Waals surface area contributed by atoms with Crippen molar-refractivity contribution < 1.29 is 13.5 Å². The molecule has 0 aliphatic heterocycles. The fourth-order valence-corrected chi connectivity index (χ4v) is 1.06. The van der Waals surface area contributed by atoms with Gasteiger partial charge in [0.05, 0.1) is 7.11 Å². The van der Waals surface area contributed by atoms with Crippen LogP contribution in [0.1, 0.15) is 12.5 Å². The quantitative estimate of drug-likeness (QED) is 0.666. The second kappa shape index (κ2) is 3.52. The van der Waals surface area contributed by atoms with Gasteiger partial charge in [-0.2, -0.15) is 0 Å². The summed E-state index contributed by atoms with van der Waals surface area (Å²) < 4.78 is 30.7. The van der Waals surface area contributed by atoms with Gasteiger partial charge in [0, 0.05) is 5.56 Å². The van der Waals surface area contributed by atoms with Crippen LogP contribution in [-0.4, -0.2) is 7.11 Å². The molecule has 0 aliphatic rings. The average Bonchev–Trinajstić information content (AvgIpc) is 2.06. The number of benzene rings is 1. The van der Waals surface area contributed by atoms with Crippen molar-refractivity contribution in [3.8, 4) is 5.75 Å². The first-order chi connectivity index (χ1) is 5.70. The topological polar surface area (TPSA) is 9.23 Å².